The third kappa shape index (κ3) is 4.90. The fourth-order valence-corrected chi connectivity index (χ4v) is 6.80. The van der Waals surface area contributed by atoms with Crippen molar-refractivity contribution in [3.8, 4) is 0 Å². The van der Waals surface area contributed by atoms with Gasteiger partial charge in [-0.3, -0.25) is 9.69 Å². The quantitative estimate of drug-likeness (QED) is 0.673. The highest BCUT2D eigenvalue weighted by atomic mass is 35.5. The molecule has 29 heavy (non-hydrogen) atoms. The number of carbonyl (C=O) groups excluding carboxylic acids is 1. The van der Waals surface area contributed by atoms with Crippen molar-refractivity contribution in [3.63, 3.8) is 0 Å². The van der Waals surface area contributed by atoms with Crippen LogP contribution in [0.15, 0.2) is 23.1 Å². The van der Waals surface area contributed by atoms with Crippen molar-refractivity contribution >= 4 is 39.1 Å². The molecule has 2 fully saturated rings. The third-order valence-electron chi connectivity index (χ3n) is 6.17. The molecule has 1 amide bonds. The first kappa shape index (κ1) is 22.8. The summed E-state index contributed by atoms with van der Waals surface area (Å²) < 4.78 is 27.4. The maximum Gasteiger partial charge on any atom is 0.246 e. The van der Waals surface area contributed by atoms with Crippen LogP contribution in [0.1, 0.15) is 39.0 Å². The van der Waals surface area contributed by atoms with Gasteiger partial charge in [-0.15, -0.1) is 0 Å². The maximum absolute atomic E-state index is 13.0. The summed E-state index contributed by atoms with van der Waals surface area (Å²) in [5.74, 6) is 0.113. The van der Waals surface area contributed by atoms with Gasteiger partial charge in [0.25, 0.3) is 0 Å². The number of benzene rings is 1. The van der Waals surface area contributed by atoms with E-state index in [1.807, 2.05) is 18.9 Å². The number of hydrogen-bond donors (Lipinski definition) is 0. The number of nitrogens with zero attached hydrogens (tertiary/aromatic N) is 3. The molecule has 162 valence electrons. The van der Waals surface area contributed by atoms with Crippen LogP contribution in [-0.4, -0.2) is 73.7 Å². The fraction of sp³-hybridized carbons (Fsp3) is 0.650. The molecule has 2 aliphatic rings. The van der Waals surface area contributed by atoms with Gasteiger partial charge in [0.2, 0.25) is 15.9 Å². The number of sulfonamides is 1. The number of likely N-dealkylation sites (N-methyl/N-ethyl adjacent to an activating group) is 1. The molecular weight excluding hydrogens is 433 g/mol. The van der Waals surface area contributed by atoms with Crippen LogP contribution in [0.2, 0.25) is 10.0 Å². The first-order valence-corrected chi connectivity index (χ1v) is 12.4. The molecule has 1 aromatic carbocycles. The molecule has 0 bridgehead atoms. The van der Waals surface area contributed by atoms with Gasteiger partial charge < -0.3 is 4.90 Å². The summed E-state index contributed by atoms with van der Waals surface area (Å²) in [7, 11) is -1.88. The van der Waals surface area contributed by atoms with Gasteiger partial charge in [-0.2, -0.15) is 4.31 Å². The van der Waals surface area contributed by atoms with Crippen molar-refractivity contribution in [2.24, 2.45) is 0 Å². The van der Waals surface area contributed by atoms with Gasteiger partial charge in [0.05, 0.1) is 16.1 Å². The molecule has 1 aliphatic heterocycles. The van der Waals surface area contributed by atoms with Crippen molar-refractivity contribution in [2.75, 3.05) is 33.2 Å². The molecule has 0 radical (unpaired) electrons. The van der Waals surface area contributed by atoms with E-state index in [9.17, 15) is 13.2 Å². The Morgan fingerprint density at radius 2 is 1.62 bits per heavy atom. The van der Waals surface area contributed by atoms with Crippen molar-refractivity contribution in [3.05, 3.63) is 28.2 Å². The molecule has 1 aliphatic carbocycles. The van der Waals surface area contributed by atoms with Crippen LogP contribution in [-0.2, 0) is 14.8 Å². The normalized spacial score (nSPS) is 21.1. The van der Waals surface area contributed by atoms with E-state index >= 15 is 0 Å². The Bertz CT molecular complexity index is 815. The number of piperazine rings is 1. The topological polar surface area (TPSA) is 60.9 Å². The second-order valence-corrected chi connectivity index (χ2v) is 10.6. The lowest BCUT2D eigenvalue weighted by atomic mass is 9.94. The molecule has 0 spiro atoms. The standard InChI is InChI=1S/C20H29Cl2N3O3S/c1-15(20(26)23(2)16-7-4-3-5-8-16)24-11-13-25(14-12-24)29(27,28)19-17(21)9-6-10-18(19)22/h6,9-10,15-16H,3-5,7-8,11-14H2,1-2H3. The van der Waals surface area contributed by atoms with Crippen LogP contribution in [0.3, 0.4) is 0 Å². The highest BCUT2D eigenvalue weighted by Crippen LogP contribution is 2.32. The van der Waals surface area contributed by atoms with E-state index in [-0.39, 0.29) is 26.9 Å². The molecule has 0 aromatic heterocycles. The van der Waals surface area contributed by atoms with Crippen LogP contribution in [0.5, 0.6) is 0 Å². The first-order valence-electron chi connectivity index (χ1n) is 10.2. The number of hydrogen-bond acceptors (Lipinski definition) is 4. The lowest BCUT2D eigenvalue weighted by molar-refractivity contribution is -0.138. The summed E-state index contributed by atoms with van der Waals surface area (Å²) in [6.45, 7) is 3.50. The summed E-state index contributed by atoms with van der Waals surface area (Å²) in [6.07, 6.45) is 5.74. The van der Waals surface area contributed by atoms with Gasteiger partial charge in [-0.25, -0.2) is 8.42 Å². The maximum atomic E-state index is 13.0. The van der Waals surface area contributed by atoms with Crippen LogP contribution in [0, 0.1) is 0 Å². The Hall–Kier alpha value is -0.860. The number of rotatable bonds is 5. The largest absolute Gasteiger partial charge is 0.341 e. The highest BCUT2D eigenvalue weighted by molar-refractivity contribution is 7.89. The van der Waals surface area contributed by atoms with Gasteiger partial charge in [0.1, 0.15) is 4.90 Å². The van der Waals surface area contributed by atoms with E-state index in [1.54, 1.807) is 6.07 Å². The molecular formula is C20H29Cl2N3O3S. The summed E-state index contributed by atoms with van der Waals surface area (Å²) >= 11 is 12.2. The van der Waals surface area contributed by atoms with E-state index in [1.165, 1.54) is 35.7 Å². The average molecular weight is 462 g/mol. The van der Waals surface area contributed by atoms with Gasteiger partial charge in [0, 0.05) is 39.3 Å². The van der Waals surface area contributed by atoms with E-state index in [2.05, 4.69) is 4.90 Å². The lowest BCUT2D eigenvalue weighted by Crippen LogP contribution is -2.56. The zero-order chi connectivity index (χ0) is 21.2. The Morgan fingerprint density at radius 1 is 1.07 bits per heavy atom. The molecule has 1 unspecified atom stereocenters. The summed E-state index contributed by atoms with van der Waals surface area (Å²) in [4.78, 5) is 16.9. The van der Waals surface area contributed by atoms with E-state index in [0.717, 1.165) is 12.8 Å². The predicted molar refractivity (Wildman–Crippen MR) is 116 cm³/mol. The third-order valence-corrected chi connectivity index (χ3v) is 9.02. The van der Waals surface area contributed by atoms with Crippen LogP contribution >= 0.6 is 23.2 Å². The predicted octanol–water partition coefficient (Wildman–Crippen LogP) is 3.48. The van der Waals surface area contributed by atoms with E-state index in [0.29, 0.717) is 32.2 Å². The fourth-order valence-electron chi connectivity index (χ4n) is 4.29. The number of amides is 1. The average Bonchev–Trinajstić information content (AvgIpc) is 2.72. The Labute approximate surface area is 183 Å². The minimum absolute atomic E-state index is 0.0436. The minimum Gasteiger partial charge on any atom is -0.341 e. The summed E-state index contributed by atoms with van der Waals surface area (Å²) in [5, 5.41) is 0.246. The van der Waals surface area contributed by atoms with E-state index < -0.39 is 10.0 Å². The smallest absolute Gasteiger partial charge is 0.246 e. The van der Waals surface area contributed by atoms with Crippen molar-refractivity contribution in [1.29, 1.82) is 0 Å². The van der Waals surface area contributed by atoms with Crippen molar-refractivity contribution < 1.29 is 13.2 Å². The van der Waals surface area contributed by atoms with Crippen LogP contribution in [0.25, 0.3) is 0 Å². The molecule has 1 saturated heterocycles. The Morgan fingerprint density at radius 3 is 2.17 bits per heavy atom. The SMILES string of the molecule is CC(C(=O)N(C)C1CCCCC1)N1CCN(S(=O)(=O)c2c(Cl)cccc2Cl)CC1. The molecule has 1 aromatic rings. The van der Waals surface area contributed by atoms with Crippen molar-refractivity contribution in [2.45, 2.75) is 56.0 Å². The summed E-state index contributed by atoms with van der Waals surface area (Å²) in [5.41, 5.74) is 0. The van der Waals surface area contributed by atoms with Gasteiger partial charge >= 0.3 is 0 Å². The molecule has 9 heteroatoms. The second-order valence-electron chi connectivity index (χ2n) is 7.91. The monoisotopic (exact) mass is 461 g/mol. The number of carbonyl (C=O) groups is 1. The van der Waals surface area contributed by atoms with E-state index in [4.69, 9.17) is 23.2 Å². The molecule has 0 N–H and O–H groups in total. The molecule has 1 atom stereocenters. The first-order chi connectivity index (χ1) is 13.7. The molecule has 1 saturated carbocycles. The Balaban J connectivity index is 1.63. The molecule has 3 rings (SSSR count). The zero-order valence-electron chi connectivity index (χ0n) is 17.0. The van der Waals surface area contributed by atoms with Crippen LogP contribution in [0.4, 0.5) is 0 Å². The lowest BCUT2D eigenvalue weighted by Gasteiger charge is -2.40. The molecule has 1 heterocycles. The molecule has 6 nitrogen and oxygen atoms in total. The number of halogens is 2. The Kier molecular flexibility index (Phi) is 7.49. The van der Waals surface area contributed by atoms with Crippen molar-refractivity contribution in [1.82, 2.24) is 14.1 Å². The van der Waals surface area contributed by atoms with Gasteiger partial charge in [-0.1, -0.05) is 48.5 Å². The van der Waals surface area contributed by atoms with Crippen LogP contribution < -0.4 is 0 Å². The minimum atomic E-state index is -3.78. The summed E-state index contributed by atoms with van der Waals surface area (Å²) in [6, 6.07) is 4.73. The highest BCUT2D eigenvalue weighted by Gasteiger charge is 2.35. The zero-order valence-corrected chi connectivity index (χ0v) is 19.3. The van der Waals surface area contributed by atoms with Gasteiger partial charge in [-0.05, 0) is 31.9 Å². The van der Waals surface area contributed by atoms with Gasteiger partial charge in [0.15, 0.2) is 0 Å². The second kappa shape index (κ2) is 9.52.